The standard InChI is InChI=1S/C14H15N3O4S/c1-9-7-10-11(16-14(19)13(18)15-10)8-12(9)22(20,21)17-5-3-2-4-6-17/h7-8H,2-6H2,1H3. The van der Waals surface area contributed by atoms with Crippen molar-refractivity contribution < 1.29 is 18.0 Å². The Balaban J connectivity index is 2.15. The normalized spacial score (nSPS) is 19.3. The van der Waals surface area contributed by atoms with Crippen molar-refractivity contribution in [3.63, 3.8) is 0 Å². The zero-order valence-electron chi connectivity index (χ0n) is 12.1. The minimum Gasteiger partial charge on any atom is -0.261 e. The smallest absolute Gasteiger partial charge is 0.261 e. The Kier molecular flexibility index (Phi) is 3.65. The van der Waals surface area contributed by atoms with Crippen LogP contribution in [0.3, 0.4) is 0 Å². The van der Waals surface area contributed by atoms with Crippen molar-refractivity contribution in [2.45, 2.75) is 31.1 Å². The fourth-order valence-electron chi connectivity index (χ4n) is 2.68. The van der Waals surface area contributed by atoms with Gasteiger partial charge in [-0.15, -0.1) is 0 Å². The van der Waals surface area contributed by atoms with Gasteiger partial charge < -0.3 is 0 Å². The highest BCUT2D eigenvalue weighted by atomic mass is 32.2. The molecule has 0 saturated carbocycles. The molecule has 3 rings (SSSR count). The number of piperidine rings is 1. The Morgan fingerprint density at radius 2 is 1.50 bits per heavy atom. The summed E-state index contributed by atoms with van der Waals surface area (Å²) in [5.41, 5.74) is 0.491. The lowest BCUT2D eigenvalue weighted by molar-refractivity contribution is -0.135. The molecule has 0 aromatic heterocycles. The SMILES string of the molecule is Cc1cc2c(cc1S(=O)(=O)N1CCCCC1)=NC(=O)C(=O)N=2. The molecule has 1 aromatic rings. The zero-order chi connectivity index (χ0) is 15.9. The van der Waals surface area contributed by atoms with E-state index >= 15 is 0 Å². The topological polar surface area (TPSA) is 96.2 Å². The van der Waals surface area contributed by atoms with Gasteiger partial charge in [-0.3, -0.25) is 9.59 Å². The first-order chi connectivity index (χ1) is 10.4. The van der Waals surface area contributed by atoms with Crippen LogP contribution in [0.2, 0.25) is 0 Å². The van der Waals surface area contributed by atoms with Crippen LogP contribution in [0.1, 0.15) is 24.8 Å². The summed E-state index contributed by atoms with van der Waals surface area (Å²) in [5.74, 6) is -1.91. The number of rotatable bonds is 2. The van der Waals surface area contributed by atoms with E-state index in [1.165, 1.54) is 16.4 Å². The zero-order valence-corrected chi connectivity index (χ0v) is 12.9. The molecular weight excluding hydrogens is 306 g/mol. The van der Waals surface area contributed by atoms with E-state index in [1.54, 1.807) is 6.92 Å². The maximum atomic E-state index is 12.7. The number of carbonyl (C=O) groups is 2. The molecule has 2 heterocycles. The fourth-order valence-corrected chi connectivity index (χ4v) is 4.42. The van der Waals surface area contributed by atoms with Crippen LogP contribution in [0.4, 0.5) is 0 Å². The third kappa shape index (κ3) is 2.48. The predicted molar refractivity (Wildman–Crippen MR) is 76.1 cm³/mol. The summed E-state index contributed by atoms with van der Waals surface area (Å²) < 4.78 is 26.9. The molecule has 2 aliphatic heterocycles. The van der Waals surface area contributed by atoms with E-state index in [0.717, 1.165) is 19.3 Å². The van der Waals surface area contributed by atoms with Crippen LogP contribution in [0.5, 0.6) is 0 Å². The first-order valence-corrected chi connectivity index (χ1v) is 8.50. The summed E-state index contributed by atoms with van der Waals surface area (Å²) in [5, 5.41) is 0.366. The first-order valence-electron chi connectivity index (χ1n) is 7.06. The molecule has 0 unspecified atom stereocenters. The number of nitrogens with zero attached hydrogens (tertiary/aromatic N) is 3. The maximum Gasteiger partial charge on any atom is 0.338 e. The van der Waals surface area contributed by atoms with Gasteiger partial charge in [0.2, 0.25) is 10.0 Å². The minimum absolute atomic E-state index is 0.120. The number of sulfonamides is 1. The Labute approximate surface area is 127 Å². The highest BCUT2D eigenvalue weighted by molar-refractivity contribution is 7.89. The number of carbonyl (C=O) groups excluding carboxylic acids is 2. The minimum atomic E-state index is -3.62. The maximum absolute atomic E-state index is 12.7. The Hall–Kier alpha value is -1.93. The number of amides is 2. The van der Waals surface area contributed by atoms with Crippen LogP contribution in [-0.4, -0.2) is 37.6 Å². The van der Waals surface area contributed by atoms with Crippen LogP contribution < -0.4 is 10.7 Å². The second kappa shape index (κ2) is 5.36. The largest absolute Gasteiger partial charge is 0.338 e. The Morgan fingerprint density at radius 3 is 2.09 bits per heavy atom. The van der Waals surface area contributed by atoms with E-state index < -0.39 is 21.8 Å². The molecule has 2 amide bonds. The quantitative estimate of drug-likeness (QED) is 0.684. The van der Waals surface area contributed by atoms with Gasteiger partial charge in [-0.2, -0.15) is 4.31 Å². The van der Waals surface area contributed by atoms with Crippen LogP contribution in [0.25, 0.3) is 0 Å². The van der Waals surface area contributed by atoms with Gasteiger partial charge in [0.15, 0.2) is 0 Å². The summed E-state index contributed by atoms with van der Waals surface area (Å²) in [6.07, 6.45) is 2.71. The molecule has 0 aliphatic carbocycles. The predicted octanol–water partition coefficient (Wildman–Crippen LogP) is -0.524. The molecule has 0 bridgehead atoms. The van der Waals surface area contributed by atoms with Crippen LogP contribution in [0.15, 0.2) is 27.0 Å². The first kappa shape index (κ1) is 15.0. The molecule has 0 spiro atoms. The van der Waals surface area contributed by atoms with Crippen LogP contribution in [-0.2, 0) is 19.6 Å². The highest BCUT2D eigenvalue weighted by Gasteiger charge is 2.28. The van der Waals surface area contributed by atoms with E-state index in [-0.39, 0.29) is 15.6 Å². The second-order valence-electron chi connectivity index (χ2n) is 5.41. The van der Waals surface area contributed by atoms with E-state index in [2.05, 4.69) is 9.98 Å². The molecule has 8 heteroatoms. The molecule has 0 N–H and O–H groups in total. The molecule has 116 valence electrons. The number of hydrogen-bond acceptors (Lipinski definition) is 4. The molecule has 1 fully saturated rings. The number of fused-ring (bicyclic) bond motifs is 1. The van der Waals surface area contributed by atoms with Gasteiger partial charge in [0.05, 0.1) is 15.6 Å². The Morgan fingerprint density at radius 1 is 0.955 bits per heavy atom. The molecule has 2 aliphatic rings. The van der Waals surface area contributed by atoms with Gasteiger partial charge >= 0.3 is 11.8 Å². The summed E-state index contributed by atoms with van der Waals surface area (Å²) >= 11 is 0. The molecule has 0 atom stereocenters. The van der Waals surface area contributed by atoms with Crippen molar-refractivity contribution >= 4 is 21.8 Å². The third-order valence-electron chi connectivity index (χ3n) is 3.83. The van der Waals surface area contributed by atoms with Crippen molar-refractivity contribution in [1.29, 1.82) is 0 Å². The second-order valence-corrected chi connectivity index (χ2v) is 7.31. The molecule has 22 heavy (non-hydrogen) atoms. The average molecular weight is 321 g/mol. The van der Waals surface area contributed by atoms with Crippen LogP contribution in [0, 0.1) is 6.92 Å². The Bertz CT molecular complexity index is 883. The average Bonchev–Trinajstić information content (AvgIpc) is 2.49. The van der Waals surface area contributed by atoms with E-state index in [1.807, 2.05) is 0 Å². The van der Waals surface area contributed by atoms with Gasteiger partial charge in [-0.05, 0) is 37.5 Å². The summed E-state index contributed by atoms with van der Waals surface area (Å²) in [4.78, 5) is 30.0. The lowest BCUT2D eigenvalue weighted by atomic mass is 10.2. The number of benzene rings is 1. The highest BCUT2D eigenvalue weighted by Crippen LogP contribution is 2.21. The molecule has 7 nitrogen and oxygen atoms in total. The summed E-state index contributed by atoms with van der Waals surface area (Å²) in [6, 6.07) is 2.82. The van der Waals surface area contributed by atoms with Crippen molar-refractivity contribution in [1.82, 2.24) is 4.31 Å². The van der Waals surface area contributed by atoms with Crippen molar-refractivity contribution in [3.05, 3.63) is 28.4 Å². The van der Waals surface area contributed by atoms with Crippen LogP contribution >= 0.6 is 0 Å². The lowest BCUT2D eigenvalue weighted by Gasteiger charge is -2.26. The summed E-state index contributed by atoms with van der Waals surface area (Å²) in [6.45, 7) is 2.64. The molecule has 0 radical (unpaired) electrons. The van der Waals surface area contributed by atoms with Crippen molar-refractivity contribution in [2.75, 3.05) is 13.1 Å². The van der Waals surface area contributed by atoms with Crippen molar-refractivity contribution in [3.8, 4) is 0 Å². The van der Waals surface area contributed by atoms with E-state index in [9.17, 15) is 18.0 Å². The monoisotopic (exact) mass is 321 g/mol. The van der Waals surface area contributed by atoms with E-state index in [4.69, 9.17) is 0 Å². The van der Waals surface area contributed by atoms with Gasteiger partial charge in [-0.25, -0.2) is 18.4 Å². The summed E-state index contributed by atoms with van der Waals surface area (Å²) in [7, 11) is -3.62. The van der Waals surface area contributed by atoms with Gasteiger partial charge in [-0.1, -0.05) is 6.42 Å². The fraction of sp³-hybridized carbons (Fsp3) is 0.429. The van der Waals surface area contributed by atoms with Gasteiger partial charge in [0.25, 0.3) is 0 Å². The van der Waals surface area contributed by atoms with Gasteiger partial charge in [0.1, 0.15) is 0 Å². The van der Waals surface area contributed by atoms with E-state index in [0.29, 0.717) is 18.7 Å². The molecular formula is C14H15N3O4S. The lowest BCUT2D eigenvalue weighted by Crippen LogP contribution is -2.39. The molecule has 1 saturated heterocycles. The van der Waals surface area contributed by atoms with Gasteiger partial charge in [0, 0.05) is 13.1 Å². The number of hydrogen-bond donors (Lipinski definition) is 0. The third-order valence-corrected chi connectivity index (χ3v) is 5.87. The number of aryl methyl sites for hydroxylation is 1. The molecule has 1 aromatic carbocycles. The van der Waals surface area contributed by atoms with Crippen molar-refractivity contribution in [2.24, 2.45) is 9.98 Å².